The van der Waals surface area contributed by atoms with E-state index in [1.165, 1.54) is 24.0 Å². The highest BCUT2D eigenvalue weighted by atomic mass is 16.5. The second-order valence-corrected chi connectivity index (χ2v) is 5.34. The number of nitrogens with one attached hydrogen (secondary N) is 1. The molecule has 1 saturated carbocycles. The number of likely N-dealkylation sites (N-methyl/N-ethyl adjacent to an activating group) is 1. The van der Waals surface area contributed by atoms with Crippen LogP contribution in [0.1, 0.15) is 36.9 Å². The first-order valence-corrected chi connectivity index (χ1v) is 7.20. The van der Waals surface area contributed by atoms with Crippen LogP contribution < -0.4 is 10.1 Å². The molecule has 0 heterocycles. The first-order chi connectivity index (χ1) is 9.24. The fourth-order valence-corrected chi connectivity index (χ4v) is 2.27. The van der Waals surface area contributed by atoms with Gasteiger partial charge in [0, 0.05) is 12.2 Å². The Morgan fingerprint density at radius 3 is 2.79 bits per heavy atom. The van der Waals surface area contributed by atoms with Gasteiger partial charge in [-0.05, 0) is 38.3 Å². The fraction of sp³-hybridized carbons (Fsp3) is 0.625. The van der Waals surface area contributed by atoms with Gasteiger partial charge >= 0.3 is 0 Å². The molecule has 19 heavy (non-hydrogen) atoms. The summed E-state index contributed by atoms with van der Waals surface area (Å²) in [6.07, 6.45) is 2.67. The summed E-state index contributed by atoms with van der Waals surface area (Å²) in [6, 6.07) is 6.51. The molecule has 0 aromatic heterocycles. The highest BCUT2D eigenvalue weighted by Crippen LogP contribution is 2.30. The molecule has 1 N–H and O–H groups in total. The van der Waals surface area contributed by atoms with Crippen LogP contribution in [-0.4, -0.2) is 26.9 Å². The second kappa shape index (κ2) is 6.92. The van der Waals surface area contributed by atoms with Crippen LogP contribution in [0.3, 0.4) is 0 Å². The molecule has 0 spiro atoms. The molecule has 1 unspecified atom stereocenters. The van der Waals surface area contributed by atoms with E-state index in [2.05, 4.69) is 31.3 Å². The molecule has 1 atom stereocenters. The van der Waals surface area contributed by atoms with Crippen LogP contribution in [0.25, 0.3) is 0 Å². The SMILES string of the molecule is CCNC(COCC1CC1)c1cc(C)ccc1OC. The average molecular weight is 263 g/mol. The van der Waals surface area contributed by atoms with Crippen LogP contribution in [0.4, 0.5) is 0 Å². The monoisotopic (exact) mass is 263 g/mol. The molecule has 106 valence electrons. The molecular weight excluding hydrogens is 238 g/mol. The van der Waals surface area contributed by atoms with Crippen LogP contribution in [0, 0.1) is 12.8 Å². The first-order valence-electron chi connectivity index (χ1n) is 7.20. The van der Waals surface area contributed by atoms with E-state index in [9.17, 15) is 0 Å². The maximum Gasteiger partial charge on any atom is 0.123 e. The fourth-order valence-electron chi connectivity index (χ4n) is 2.27. The molecule has 3 heteroatoms. The van der Waals surface area contributed by atoms with Gasteiger partial charge in [0.15, 0.2) is 0 Å². The van der Waals surface area contributed by atoms with E-state index in [0.29, 0.717) is 6.61 Å². The van der Waals surface area contributed by atoms with Gasteiger partial charge in [0.25, 0.3) is 0 Å². The van der Waals surface area contributed by atoms with E-state index in [1.54, 1.807) is 7.11 Å². The van der Waals surface area contributed by atoms with Crippen molar-refractivity contribution in [2.75, 3.05) is 26.9 Å². The minimum atomic E-state index is 0.207. The smallest absolute Gasteiger partial charge is 0.123 e. The Morgan fingerprint density at radius 2 is 2.16 bits per heavy atom. The van der Waals surface area contributed by atoms with Crippen molar-refractivity contribution in [3.8, 4) is 5.75 Å². The zero-order valence-electron chi connectivity index (χ0n) is 12.2. The minimum absolute atomic E-state index is 0.207. The van der Waals surface area contributed by atoms with Gasteiger partial charge in [-0.1, -0.05) is 24.6 Å². The van der Waals surface area contributed by atoms with Gasteiger partial charge in [0.05, 0.1) is 19.8 Å². The second-order valence-electron chi connectivity index (χ2n) is 5.34. The summed E-state index contributed by atoms with van der Waals surface area (Å²) in [4.78, 5) is 0. The maximum atomic E-state index is 5.85. The maximum absolute atomic E-state index is 5.85. The summed E-state index contributed by atoms with van der Waals surface area (Å²) < 4.78 is 11.3. The summed E-state index contributed by atoms with van der Waals surface area (Å²) in [5.74, 6) is 1.74. The molecule has 2 rings (SSSR count). The number of aryl methyl sites for hydroxylation is 1. The van der Waals surface area contributed by atoms with Crippen molar-refractivity contribution < 1.29 is 9.47 Å². The largest absolute Gasteiger partial charge is 0.496 e. The van der Waals surface area contributed by atoms with Crippen LogP contribution >= 0.6 is 0 Å². The molecule has 0 bridgehead atoms. The van der Waals surface area contributed by atoms with Crippen molar-refractivity contribution in [3.05, 3.63) is 29.3 Å². The lowest BCUT2D eigenvalue weighted by atomic mass is 10.0. The third-order valence-electron chi connectivity index (χ3n) is 3.55. The molecule has 0 radical (unpaired) electrons. The van der Waals surface area contributed by atoms with Crippen molar-refractivity contribution in [1.29, 1.82) is 0 Å². The molecule has 1 aliphatic rings. The first kappa shape index (κ1) is 14.4. The van der Waals surface area contributed by atoms with E-state index >= 15 is 0 Å². The Labute approximate surface area is 116 Å². The van der Waals surface area contributed by atoms with E-state index in [0.717, 1.165) is 24.8 Å². The predicted octanol–water partition coefficient (Wildman–Crippen LogP) is 3.08. The summed E-state index contributed by atoms with van der Waals surface area (Å²) in [6.45, 7) is 6.77. The Hall–Kier alpha value is -1.06. The van der Waals surface area contributed by atoms with Crippen LogP contribution in [0.15, 0.2) is 18.2 Å². The van der Waals surface area contributed by atoms with Gasteiger partial charge in [-0.3, -0.25) is 0 Å². The third-order valence-corrected chi connectivity index (χ3v) is 3.55. The molecular formula is C16H25NO2. The van der Waals surface area contributed by atoms with E-state index in [1.807, 2.05) is 6.07 Å². The van der Waals surface area contributed by atoms with E-state index < -0.39 is 0 Å². The van der Waals surface area contributed by atoms with Crippen molar-refractivity contribution in [1.82, 2.24) is 5.32 Å². The lowest BCUT2D eigenvalue weighted by molar-refractivity contribution is 0.102. The Kier molecular flexibility index (Phi) is 5.23. The number of ether oxygens (including phenoxy) is 2. The normalized spacial score (nSPS) is 16.4. The van der Waals surface area contributed by atoms with Crippen molar-refractivity contribution in [2.45, 2.75) is 32.7 Å². The Morgan fingerprint density at radius 1 is 1.37 bits per heavy atom. The van der Waals surface area contributed by atoms with Crippen molar-refractivity contribution >= 4 is 0 Å². The van der Waals surface area contributed by atoms with Gasteiger partial charge < -0.3 is 14.8 Å². The highest BCUT2D eigenvalue weighted by molar-refractivity contribution is 5.39. The Bertz CT molecular complexity index is 402. The zero-order chi connectivity index (χ0) is 13.7. The molecule has 1 aliphatic carbocycles. The van der Waals surface area contributed by atoms with Gasteiger partial charge in [-0.2, -0.15) is 0 Å². The molecule has 1 aromatic rings. The van der Waals surface area contributed by atoms with Crippen molar-refractivity contribution in [3.63, 3.8) is 0 Å². The lowest BCUT2D eigenvalue weighted by Crippen LogP contribution is -2.26. The summed E-state index contributed by atoms with van der Waals surface area (Å²) in [5, 5.41) is 3.49. The number of rotatable bonds is 8. The quantitative estimate of drug-likeness (QED) is 0.782. The van der Waals surface area contributed by atoms with Crippen molar-refractivity contribution in [2.24, 2.45) is 5.92 Å². The molecule has 0 amide bonds. The molecule has 1 fully saturated rings. The van der Waals surface area contributed by atoms with Gasteiger partial charge in [0.1, 0.15) is 5.75 Å². The summed E-state index contributed by atoms with van der Waals surface area (Å²) in [7, 11) is 1.72. The van der Waals surface area contributed by atoms with Crippen LogP contribution in [0.2, 0.25) is 0 Å². The molecule has 3 nitrogen and oxygen atoms in total. The molecule has 0 saturated heterocycles. The zero-order valence-corrected chi connectivity index (χ0v) is 12.2. The number of hydrogen-bond donors (Lipinski definition) is 1. The lowest BCUT2D eigenvalue weighted by Gasteiger charge is -2.21. The third kappa shape index (κ3) is 4.22. The average Bonchev–Trinajstić information content (AvgIpc) is 3.22. The van der Waals surface area contributed by atoms with E-state index in [4.69, 9.17) is 9.47 Å². The van der Waals surface area contributed by atoms with Crippen LogP contribution in [0.5, 0.6) is 5.75 Å². The highest BCUT2D eigenvalue weighted by Gasteiger charge is 2.22. The number of benzene rings is 1. The van der Waals surface area contributed by atoms with Gasteiger partial charge in [-0.15, -0.1) is 0 Å². The molecule has 0 aliphatic heterocycles. The van der Waals surface area contributed by atoms with E-state index in [-0.39, 0.29) is 6.04 Å². The standard InChI is InChI=1S/C16H25NO2/c1-4-17-15(11-19-10-13-6-7-13)14-9-12(2)5-8-16(14)18-3/h5,8-9,13,15,17H,4,6-7,10-11H2,1-3H3. The van der Waals surface area contributed by atoms with Gasteiger partial charge in [0.2, 0.25) is 0 Å². The Balaban J connectivity index is 2.04. The molecule has 1 aromatic carbocycles. The van der Waals surface area contributed by atoms with Gasteiger partial charge in [-0.25, -0.2) is 0 Å². The minimum Gasteiger partial charge on any atom is -0.496 e. The summed E-state index contributed by atoms with van der Waals surface area (Å²) >= 11 is 0. The van der Waals surface area contributed by atoms with Crippen LogP contribution in [-0.2, 0) is 4.74 Å². The summed E-state index contributed by atoms with van der Waals surface area (Å²) in [5.41, 5.74) is 2.45. The topological polar surface area (TPSA) is 30.5 Å². The number of hydrogen-bond acceptors (Lipinski definition) is 3. The number of methoxy groups -OCH3 is 1. The predicted molar refractivity (Wildman–Crippen MR) is 77.7 cm³/mol.